The number of fused-ring (bicyclic) bond motifs is 3. The zero-order chi connectivity index (χ0) is 25.5. The van der Waals surface area contributed by atoms with Crippen LogP contribution >= 0.6 is 0 Å². The molecule has 0 saturated heterocycles. The lowest BCUT2D eigenvalue weighted by Crippen LogP contribution is -2.50. The van der Waals surface area contributed by atoms with Crippen LogP contribution in [-0.2, 0) is 23.6 Å². The Morgan fingerprint density at radius 3 is 2.53 bits per heavy atom. The summed E-state index contributed by atoms with van der Waals surface area (Å²) in [4.78, 5) is 22.9. The van der Waals surface area contributed by atoms with Gasteiger partial charge in [-0.15, -0.1) is 0 Å². The van der Waals surface area contributed by atoms with Gasteiger partial charge in [-0.2, -0.15) is 5.10 Å². The van der Waals surface area contributed by atoms with E-state index in [-0.39, 0.29) is 10.8 Å². The Hall–Kier alpha value is -2.98. The van der Waals surface area contributed by atoms with Crippen LogP contribution in [0.25, 0.3) is 5.57 Å². The fraction of sp³-hybridized carbons (Fsp3) is 0.500. The van der Waals surface area contributed by atoms with Gasteiger partial charge in [0, 0.05) is 29.9 Å². The first kappa shape index (κ1) is 23.4. The standard InChI is InChI=1S/C26H32N6O3S/c1-25(2)16-32-22-20(18-7-5-6-8-18)11-19(36(34,35)29-26(3)9-10-26)12-21(22)23(33)31(24(32)28-25)15-17-13-27-30(4)14-17/h7,11-14,29H,5-6,8-10,15-16H2,1-4H3. The SMILES string of the molecule is Cn1cc(CN2C(=O)c3cc(S(=O)(=O)NC4(C)CC4)cc(C4=CCCC4)c3N3CC(C)(C)N=C23)cn1. The molecule has 36 heavy (non-hydrogen) atoms. The van der Waals surface area contributed by atoms with E-state index in [1.54, 1.807) is 27.9 Å². The number of benzene rings is 1. The monoisotopic (exact) mass is 508 g/mol. The van der Waals surface area contributed by atoms with E-state index in [9.17, 15) is 13.2 Å². The highest BCUT2D eigenvalue weighted by Gasteiger charge is 2.46. The Morgan fingerprint density at radius 2 is 1.89 bits per heavy atom. The van der Waals surface area contributed by atoms with Crippen molar-refractivity contribution in [2.45, 2.75) is 75.4 Å². The number of anilines is 1. The van der Waals surface area contributed by atoms with E-state index in [0.717, 1.165) is 54.5 Å². The van der Waals surface area contributed by atoms with Crippen LogP contribution in [-0.4, -0.2) is 52.6 Å². The number of guanidine groups is 1. The van der Waals surface area contributed by atoms with Crippen molar-refractivity contribution in [3.63, 3.8) is 0 Å². The van der Waals surface area contributed by atoms with Crippen molar-refractivity contribution in [3.05, 3.63) is 47.3 Å². The van der Waals surface area contributed by atoms with Crippen molar-refractivity contribution in [2.24, 2.45) is 12.0 Å². The van der Waals surface area contributed by atoms with Crippen molar-refractivity contribution in [2.75, 3.05) is 11.4 Å². The van der Waals surface area contributed by atoms with E-state index in [4.69, 9.17) is 4.99 Å². The van der Waals surface area contributed by atoms with Gasteiger partial charge in [0.2, 0.25) is 16.0 Å². The van der Waals surface area contributed by atoms with Gasteiger partial charge in [0.05, 0.1) is 41.0 Å². The minimum absolute atomic E-state index is 0.144. The zero-order valence-corrected chi connectivity index (χ0v) is 22.0. The zero-order valence-electron chi connectivity index (χ0n) is 21.2. The molecule has 2 aliphatic carbocycles. The molecule has 2 aliphatic heterocycles. The number of nitrogens with zero attached hydrogens (tertiary/aromatic N) is 5. The predicted molar refractivity (Wildman–Crippen MR) is 138 cm³/mol. The molecule has 1 aromatic heterocycles. The third-order valence-electron chi connectivity index (χ3n) is 7.44. The van der Waals surface area contributed by atoms with Gasteiger partial charge in [0.25, 0.3) is 5.91 Å². The minimum Gasteiger partial charge on any atom is -0.308 e. The van der Waals surface area contributed by atoms with Crippen LogP contribution in [0.5, 0.6) is 0 Å². The molecule has 6 rings (SSSR count). The molecule has 4 aliphatic rings. The van der Waals surface area contributed by atoms with Crippen molar-refractivity contribution >= 4 is 33.2 Å². The van der Waals surface area contributed by atoms with E-state index in [0.29, 0.717) is 24.6 Å². The Bertz CT molecular complexity index is 1450. The number of carbonyl (C=O) groups excluding carboxylic acids is 1. The van der Waals surface area contributed by atoms with Crippen molar-refractivity contribution < 1.29 is 13.2 Å². The minimum atomic E-state index is -3.79. The number of aromatic nitrogens is 2. The largest absolute Gasteiger partial charge is 0.308 e. The van der Waals surface area contributed by atoms with E-state index >= 15 is 0 Å². The summed E-state index contributed by atoms with van der Waals surface area (Å²) in [7, 11) is -1.95. The molecule has 1 saturated carbocycles. The highest BCUT2D eigenvalue weighted by molar-refractivity contribution is 7.89. The van der Waals surface area contributed by atoms with Crippen LogP contribution < -0.4 is 9.62 Å². The summed E-state index contributed by atoms with van der Waals surface area (Å²) in [6.07, 6.45) is 10.2. The molecule has 0 bridgehead atoms. The summed E-state index contributed by atoms with van der Waals surface area (Å²) in [6.45, 7) is 6.94. The number of rotatable bonds is 6. The maximum Gasteiger partial charge on any atom is 0.263 e. The third-order valence-corrected chi connectivity index (χ3v) is 9.05. The Kier molecular flexibility index (Phi) is 5.05. The Balaban J connectivity index is 1.53. The van der Waals surface area contributed by atoms with E-state index in [1.165, 1.54) is 0 Å². The molecule has 0 atom stereocenters. The molecule has 190 valence electrons. The van der Waals surface area contributed by atoms with E-state index in [1.807, 2.05) is 20.2 Å². The highest BCUT2D eigenvalue weighted by atomic mass is 32.2. The molecule has 0 unspecified atom stereocenters. The predicted octanol–water partition coefficient (Wildman–Crippen LogP) is 3.43. The smallest absolute Gasteiger partial charge is 0.263 e. The number of aliphatic imine (C=N–C) groups is 1. The van der Waals surface area contributed by atoms with Gasteiger partial charge in [-0.3, -0.25) is 14.4 Å². The van der Waals surface area contributed by atoms with Crippen LogP contribution in [0.15, 0.2) is 40.5 Å². The molecule has 1 aromatic carbocycles. The second kappa shape index (κ2) is 7.76. The van der Waals surface area contributed by atoms with Gasteiger partial charge < -0.3 is 4.90 Å². The fourth-order valence-electron chi connectivity index (χ4n) is 5.37. The molecule has 1 amide bonds. The van der Waals surface area contributed by atoms with E-state index in [2.05, 4.69) is 34.6 Å². The normalized spacial score (nSPS) is 21.8. The van der Waals surface area contributed by atoms with E-state index < -0.39 is 21.1 Å². The molecule has 0 radical (unpaired) electrons. The molecular formula is C26H32N6O3S. The molecule has 10 heteroatoms. The highest BCUT2D eigenvalue weighted by Crippen LogP contribution is 2.44. The maximum absolute atomic E-state index is 14.1. The molecule has 9 nitrogen and oxygen atoms in total. The van der Waals surface area contributed by atoms with Crippen molar-refractivity contribution in [1.29, 1.82) is 0 Å². The number of hydrogen-bond acceptors (Lipinski definition) is 6. The summed E-state index contributed by atoms with van der Waals surface area (Å²) in [5.74, 6) is 0.372. The van der Waals surface area contributed by atoms with Crippen LogP contribution in [0.4, 0.5) is 5.69 Å². The fourth-order valence-corrected chi connectivity index (χ4v) is 6.89. The molecule has 0 spiro atoms. The van der Waals surface area contributed by atoms with Gasteiger partial charge in [-0.25, -0.2) is 18.1 Å². The summed E-state index contributed by atoms with van der Waals surface area (Å²) >= 11 is 0. The Labute approximate surface area is 211 Å². The number of carbonyl (C=O) groups is 1. The number of sulfonamides is 1. The topological polar surface area (TPSA) is 99.9 Å². The summed E-state index contributed by atoms with van der Waals surface area (Å²) in [6, 6.07) is 3.32. The molecule has 1 fully saturated rings. The van der Waals surface area contributed by atoms with Crippen LogP contribution in [0.3, 0.4) is 0 Å². The summed E-state index contributed by atoms with van der Waals surface area (Å²) in [5.41, 5.74) is 3.19. The second-order valence-corrected chi connectivity index (χ2v) is 13.1. The molecule has 2 aromatic rings. The summed E-state index contributed by atoms with van der Waals surface area (Å²) < 4.78 is 31.5. The molecule has 1 N–H and O–H groups in total. The average Bonchev–Trinajstić information content (AvgIpc) is 3.21. The average molecular weight is 509 g/mol. The van der Waals surface area contributed by atoms with Gasteiger partial charge >= 0.3 is 0 Å². The number of allylic oxidation sites excluding steroid dienone is 2. The lowest BCUT2D eigenvalue weighted by Gasteiger charge is -2.37. The maximum atomic E-state index is 14.1. The summed E-state index contributed by atoms with van der Waals surface area (Å²) in [5, 5.41) is 4.25. The first-order valence-electron chi connectivity index (χ1n) is 12.5. The molecular weight excluding hydrogens is 476 g/mol. The first-order chi connectivity index (χ1) is 16.9. The van der Waals surface area contributed by atoms with Gasteiger partial charge in [0.1, 0.15) is 0 Å². The third kappa shape index (κ3) is 3.96. The van der Waals surface area contributed by atoms with Gasteiger partial charge in [-0.1, -0.05) is 6.08 Å². The number of aryl methyl sites for hydroxylation is 1. The lowest BCUT2D eigenvalue weighted by atomic mass is 9.95. The lowest BCUT2D eigenvalue weighted by molar-refractivity contribution is 0.0833. The Morgan fingerprint density at radius 1 is 1.14 bits per heavy atom. The molecule has 3 heterocycles. The first-order valence-corrected chi connectivity index (χ1v) is 14.0. The van der Waals surface area contributed by atoms with Crippen molar-refractivity contribution in [1.82, 2.24) is 19.4 Å². The van der Waals surface area contributed by atoms with Crippen molar-refractivity contribution in [3.8, 4) is 0 Å². The van der Waals surface area contributed by atoms with Gasteiger partial charge in [-0.05, 0) is 70.6 Å². The quantitative estimate of drug-likeness (QED) is 0.645. The van der Waals surface area contributed by atoms with Crippen LogP contribution in [0.1, 0.15) is 74.4 Å². The number of amides is 1. The number of nitrogens with one attached hydrogen (secondary N) is 1. The second-order valence-electron chi connectivity index (χ2n) is 11.4. The van der Waals surface area contributed by atoms with Gasteiger partial charge in [0.15, 0.2) is 0 Å². The van der Waals surface area contributed by atoms with Crippen LogP contribution in [0, 0.1) is 0 Å². The number of hydrogen-bond donors (Lipinski definition) is 1. The van der Waals surface area contributed by atoms with Crippen LogP contribution in [0.2, 0.25) is 0 Å².